The van der Waals surface area contributed by atoms with Gasteiger partial charge in [-0.3, -0.25) is 0 Å². The second kappa shape index (κ2) is 5.86. The summed E-state index contributed by atoms with van der Waals surface area (Å²) in [6.07, 6.45) is 2.18. The fraction of sp³-hybridized carbons (Fsp3) is 1.00. The third kappa shape index (κ3) is 3.99. The number of hydrogen-bond donors (Lipinski definition) is 0. The van der Waals surface area contributed by atoms with E-state index in [0.29, 0.717) is 0 Å². The van der Waals surface area contributed by atoms with E-state index in [2.05, 4.69) is 6.92 Å². The Morgan fingerprint density at radius 1 is 1.36 bits per heavy atom. The standard InChI is InChI=1S/C8H16O2S/c1-2-11-7-4-8-9-5-3-6-10-8/h8H,2-7H2,1H3. The molecule has 0 aromatic heterocycles. The number of hydrogen-bond acceptors (Lipinski definition) is 3. The Balaban J connectivity index is 1.96. The number of ether oxygens (including phenoxy) is 2. The molecule has 1 fully saturated rings. The monoisotopic (exact) mass is 176 g/mol. The van der Waals surface area contributed by atoms with Crippen LogP contribution >= 0.6 is 11.8 Å². The van der Waals surface area contributed by atoms with E-state index in [4.69, 9.17) is 9.47 Å². The molecule has 2 nitrogen and oxygen atoms in total. The molecule has 0 spiro atoms. The van der Waals surface area contributed by atoms with Crippen LogP contribution < -0.4 is 0 Å². The van der Waals surface area contributed by atoms with Gasteiger partial charge < -0.3 is 9.47 Å². The van der Waals surface area contributed by atoms with Crippen LogP contribution in [0.2, 0.25) is 0 Å². The molecule has 11 heavy (non-hydrogen) atoms. The van der Waals surface area contributed by atoms with Crippen molar-refractivity contribution in [2.75, 3.05) is 24.7 Å². The molecular formula is C8H16O2S. The SMILES string of the molecule is CCSCCC1OCCCO1. The Bertz CT molecular complexity index is 92.1. The largest absolute Gasteiger partial charge is 0.353 e. The Hall–Kier alpha value is 0.270. The van der Waals surface area contributed by atoms with Crippen LogP contribution in [-0.2, 0) is 9.47 Å². The summed E-state index contributed by atoms with van der Waals surface area (Å²) in [5.74, 6) is 2.34. The lowest BCUT2D eigenvalue weighted by molar-refractivity contribution is -0.178. The predicted molar refractivity (Wildman–Crippen MR) is 47.9 cm³/mol. The minimum atomic E-state index is 0.0859. The zero-order chi connectivity index (χ0) is 7.94. The van der Waals surface area contributed by atoms with Crippen molar-refractivity contribution in [1.82, 2.24) is 0 Å². The summed E-state index contributed by atoms with van der Waals surface area (Å²) in [7, 11) is 0. The number of thioether (sulfide) groups is 1. The molecule has 0 aliphatic carbocycles. The van der Waals surface area contributed by atoms with Crippen molar-refractivity contribution >= 4 is 11.8 Å². The Morgan fingerprint density at radius 3 is 2.73 bits per heavy atom. The second-order valence-electron chi connectivity index (χ2n) is 2.51. The van der Waals surface area contributed by atoms with Gasteiger partial charge >= 0.3 is 0 Å². The van der Waals surface area contributed by atoms with Crippen LogP contribution in [0.25, 0.3) is 0 Å². The van der Waals surface area contributed by atoms with Crippen molar-refractivity contribution in [2.45, 2.75) is 26.1 Å². The summed E-state index contributed by atoms with van der Waals surface area (Å²) in [6, 6.07) is 0. The maximum absolute atomic E-state index is 5.39. The van der Waals surface area contributed by atoms with E-state index in [9.17, 15) is 0 Å². The molecule has 0 aromatic carbocycles. The summed E-state index contributed by atoms with van der Waals surface area (Å²) >= 11 is 1.94. The molecule has 66 valence electrons. The molecule has 0 bridgehead atoms. The second-order valence-corrected chi connectivity index (χ2v) is 3.90. The van der Waals surface area contributed by atoms with Gasteiger partial charge in [0, 0.05) is 6.42 Å². The molecule has 3 heteroatoms. The zero-order valence-electron chi connectivity index (χ0n) is 7.04. The van der Waals surface area contributed by atoms with Gasteiger partial charge in [-0.15, -0.1) is 0 Å². The molecule has 0 atom stereocenters. The fourth-order valence-electron chi connectivity index (χ4n) is 1.03. The van der Waals surface area contributed by atoms with Crippen LogP contribution in [0.4, 0.5) is 0 Å². The molecule has 1 aliphatic rings. The minimum absolute atomic E-state index is 0.0859. The van der Waals surface area contributed by atoms with Gasteiger partial charge in [0.05, 0.1) is 13.2 Å². The molecule has 1 rings (SSSR count). The maximum Gasteiger partial charge on any atom is 0.158 e. The van der Waals surface area contributed by atoms with Gasteiger partial charge in [-0.2, -0.15) is 11.8 Å². The minimum Gasteiger partial charge on any atom is -0.353 e. The Kier molecular flexibility index (Phi) is 4.99. The predicted octanol–water partition coefficient (Wildman–Crippen LogP) is 1.89. The lowest BCUT2D eigenvalue weighted by Crippen LogP contribution is -2.25. The highest BCUT2D eigenvalue weighted by atomic mass is 32.2. The highest BCUT2D eigenvalue weighted by molar-refractivity contribution is 7.99. The van der Waals surface area contributed by atoms with E-state index >= 15 is 0 Å². The quantitative estimate of drug-likeness (QED) is 0.609. The summed E-state index contributed by atoms with van der Waals surface area (Å²) in [6.45, 7) is 3.93. The summed E-state index contributed by atoms with van der Waals surface area (Å²) in [5, 5.41) is 0. The lowest BCUT2D eigenvalue weighted by atomic mass is 10.4. The van der Waals surface area contributed by atoms with Gasteiger partial charge in [0.1, 0.15) is 0 Å². The maximum atomic E-state index is 5.39. The van der Waals surface area contributed by atoms with Crippen molar-refractivity contribution in [3.63, 3.8) is 0 Å². The molecule has 1 aliphatic heterocycles. The van der Waals surface area contributed by atoms with Crippen LogP contribution in [0.5, 0.6) is 0 Å². The fourth-order valence-corrected chi connectivity index (χ4v) is 1.67. The molecule has 1 heterocycles. The highest BCUT2D eigenvalue weighted by Gasteiger charge is 2.12. The van der Waals surface area contributed by atoms with Crippen molar-refractivity contribution in [1.29, 1.82) is 0 Å². The van der Waals surface area contributed by atoms with E-state index in [1.54, 1.807) is 0 Å². The first-order valence-electron chi connectivity index (χ1n) is 4.24. The first kappa shape index (κ1) is 9.36. The van der Waals surface area contributed by atoms with Gasteiger partial charge in [-0.05, 0) is 17.9 Å². The molecule has 1 saturated heterocycles. The smallest absolute Gasteiger partial charge is 0.158 e. The van der Waals surface area contributed by atoms with Crippen molar-refractivity contribution in [3.05, 3.63) is 0 Å². The normalized spacial score (nSPS) is 20.5. The van der Waals surface area contributed by atoms with Crippen LogP contribution in [0.15, 0.2) is 0 Å². The summed E-state index contributed by atoms with van der Waals surface area (Å²) in [4.78, 5) is 0. The highest BCUT2D eigenvalue weighted by Crippen LogP contribution is 2.11. The summed E-state index contributed by atoms with van der Waals surface area (Å²) in [5.41, 5.74) is 0. The molecule has 0 amide bonds. The lowest BCUT2D eigenvalue weighted by Gasteiger charge is -2.22. The molecule has 0 aromatic rings. The van der Waals surface area contributed by atoms with Crippen LogP contribution in [0.3, 0.4) is 0 Å². The van der Waals surface area contributed by atoms with Crippen molar-refractivity contribution in [2.24, 2.45) is 0 Å². The first-order chi connectivity index (χ1) is 5.43. The average molecular weight is 176 g/mol. The van der Waals surface area contributed by atoms with Gasteiger partial charge in [-0.25, -0.2) is 0 Å². The molecule has 0 saturated carbocycles. The van der Waals surface area contributed by atoms with Crippen molar-refractivity contribution in [3.8, 4) is 0 Å². The van der Waals surface area contributed by atoms with Crippen molar-refractivity contribution < 1.29 is 9.47 Å². The topological polar surface area (TPSA) is 18.5 Å². The average Bonchev–Trinajstić information content (AvgIpc) is 2.07. The molecule has 0 N–H and O–H groups in total. The Morgan fingerprint density at radius 2 is 2.09 bits per heavy atom. The van der Waals surface area contributed by atoms with E-state index in [0.717, 1.165) is 31.8 Å². The number of rotatable bonds is 4. The van der Waals surface area contributed by atoms with Crippen LogP contribution in [0, 0.1) is 0 Å². The first-order valence-corrected chi connectivity index (χ1v) is 5.40. The third-order valence-electron chi connectivity index (χ3n) is 1.60. The van der Waals surface area contributed by atoms with Gasteiger partial charge in [-0.1, -0.05) is 6.92 Å². The zero-order valence-corrected chi connectivity index (χ0v) is 7.86. The third-order valence-corrected chi connectivity index (χ3v) is 2.53. The van der Waals surface area contributed by atoms with Gasteiger partial charge in [0.25, 0.3) is 0 Å². The Labute approximate surface area is 72.6 Å². The van der Waals surface area contributed by atoms with Crippen LogP contribution in [-0.4, -0.2) is 31.0 Å². The van der Waals surface area contributed by atoms with Crippen LogP contribution in [0.1, 0.15) is 19.8 Å². The summed E-state index contributed by atoms with van der Waals surface area (Å²) < 4.78 is 10.8. The van der Waals surface area contributed by atoms with Gasteiger partial charge in [0.15, 0.2) is 6.29 Å². The van der Waals surface area contributed by atoms with E-state index < -0.39 is 0 Å². The molecule has 0 radical (unpaired) electrons. The van der Waals surface area contributed by atoms with E-state index in [1.807, 2.05) is 11.8 Å². The van der Waals surface area contributed by atoms with Gasteiger partial charge in [0.2, 0.25) is 0 Å². The van der Waals surface area contributed by atoms with E-state index in [1.165, 1.54) is 5.75 Å². The molecular weight excluding hydrogens is 160 g/mol. The van der Waals surface area contributed by atoms with E-state index in [-0.39, 0.29) is 6.29 Å². The molecule has 0 unspecified atom stereocenters.